The van der Waals surface area contributed by atoms with Gasteiger partial charge in [-0.1, -0.05) is 20.8 Å². The highest BCUT2D eigenvalue weighted by atomic mass is 19.4. The van der Waals surface area contributed by atoms with Crippen LogP contribution >= 0.6 is 0 Å². The summed E-state index contributed by atoms with van der Waals surface area (Å²) in [6.07, 6.45) is -5.10. The van der Waals surface area contributed by atoms with Crippen molar-refractivity contribution in [2.24, 2.45) is 5.41 Å². The van der Waals surface area contributed by atoms with E-state index < -0.39 is 29.0 Å². The van der Waals surface area contributed by atoms with Crippen LogP contribution in [-0.4, -0.2) is 28.7 Å². The van der Waals surface area contributed by atoms with E-state index in [0.29, 0.717) is 0 Å². The van der Waals surface area contributed by atoms with Crippen molar-refractivity contribution in [3.8, 4) is 0 Å². The number of halogens is 3. The Morgan fingerprint density at radius 1 is 1.06 bits per heavy atom. The smallest absolute Gasteiger partial charge is 0.471 e. The SMILES string of the molecule is CC(C)(C)C(C)(NC(=O)C(F)(F)F)C(=O)O. The van der Waals surface area contributed by atoms with Crippen LogP contribution in [0.1, 0.15) is 27.7 Å². The first-order valence-corrected chi connectivity index (χ1v) is 4.45. The first-order chi connectivity index (χ1) is 6.82. The van der Waals surface area contributed by atoms with Gasteiger partial charge in [0, 0.05) is 0 Å². The van der Waals surface area contributed by atoms with Crippen LogP contribution in [0, 0.1) is 5.41 Å². The fourth-order valence-electron chi connectivity index (χ4n) is 0.860. The van der Waals surface area contributed by atoms with Gasteiger partial charge in [-0.3, -0.25) is 4.79 Å². The summed E-state index contributed by atoms with van der Waals surface area (Å²) < 4.78 is 36.1. The Hall–Kier alpha value is -1.27. The molecule has 0 aliphatic rings. The van der Waals surface area contributed by atoms with Crippen molar-refractivity contribution in [2.75, 3.05) is 0 Å². The van der Waals surface area contributed by atoms with Crippen LogP contribution < -0.4 is 5.32 Å². The molecule has 0 fully saturated rings. The van der Waals surface area contributed by atoms with E-state index in [0.717, 1.165) is 6.92 Å². The Labute approximate surface area is 90.8 Å². The maximum absolute atomic E-state index is 12.0. The standard InChI is InChI=1S/C9H14F3NO3/c1-7(2,3)8(4,6(15)16)13-5(14)9(10,11)12/h1-4H3,(H,13,14)(H,15,16). The lowest BCUT2D eigenvalue weighted by molar-refractivity contribution is -0.179. The van der Waals surface area contributed by atoms with E-state index in [2.05, 4.69) is 0 Å². The Bertz CT molecular complexity index is 306. The highest BCUT2D eigenvalue weighted by molar-refractivity contribution is 5.89. The highest BCUT2D eigenvalue weighted by Gasteiger charge is 2.50. The zero-order chi connectivity index (χ0) is 13.4. The van der Waals surface area contributed by atoms with Crippen molar-refractivity contribution < 1.29 is 27.9 Å². The molecule has 16 heavy (non-hydrogen) atoms. The number of aliphatic carboxylic acids is 1. The molecule has 94 valence electrons. The molecule has 0 aromatic rings. The number of nitrogens with one attached hydrogen (secondary N) is 1. The van der Waals surface area contributed by atoms with Gasteiger partial charge in [0.25, 0.3) is 0 Å². The van der Waals surface area contributed by atoms with Gasteiger partial charge in [0.15, 0.2) is 0 Å². The second kappa shape index (κ2) is 3.95. The third-order valence-electron chi connectivity index (χ3n) is 2.55. The van der Waals surface area contributed by atoms with E-state index in [9.17, 15) is 22.8 Å². The number of hydrogen-bond acceptors (Lipinski definition) is 2. The summed E-state index contributed by atoms with van der Waals surface area (Å²) >= 11 is 0. The second-order valence-electron chi connectivity index (χ2n) is 4.63. The van der Waals surface area contributed by atoms with Crippen LogP contribution in [0.3, 0.4) is 0 Å². The van der Waals surface area contributed by atoms with Gasteiger partial charge < -0.3 is 10.4 Å². The third kappa shape index (κ3) is 2.86. The van der Waals surface area contributed by atoms with E-state index in [1.54, 1.807) is 0 Å². The molecule has 0 rings (SSSR count). The van der Waals surface area contributed by atoms with E-state index in [-0.39, 0.29) is 0 Å². The quantitative estimate of drug-likeness (QED) is 0.770. The van der Waals surface area contributed by atoms with Gasteiger partial charge in [-0.05, 0) is 12.3 Å². The predicted octanol–water partition coefficient (Wildman–Crippen LogP) is 1.55. The zero-order valence-electron chi connectivity index (χ0n) is 9.40. The van der Waals surface area contributed by atoms with Gasteiger partial charge in [-0.2, -0.15) is 13.2 Å². The summed E-state index contributed by atoms with van der Waals surface area (Å²) in [5, 5.41) is 10.4. The molecule has 0 aliphatic heterocycles. The minimum atomic E-state index is -5.10. The van der Waals surface area contributed by atoms with Crippen LogP contribution in [0.15, 0.2) is 0 Å². The number of rotatable bonds is 2. The minimum Gasteiger partial charge on any atom is -0.479 e. The molecular weight excluding hydrogens is 227 g/mol. The number of alkyl halides is 3. The molecule has 0 spiro atoms. The number of carbonyl (C=O) groups is 2. The first-order valence-electron chi connectivity index (χ1n) is 4.45. The van der Waals surface area contributed by atoms with Crippen LogP contribution in [0.25, 0.3) is 0 Å². The number of carbonyl (C=O) groups excluding carboxylic acids is 1. The molecule has 0 saturated carbocycles. The third-order valence-corrected chi connectivity index (χ3v) is 2.55. The molecule has 1 amide bonds. The second-order valence-corrected chi connectivity index (χ2v) is 4.63. The van der Waals surface area contributed by atoms with Crippen molar-refractivity contribution in [1.29, 1.82) is 0 Å². The molecule has 0 heterocycles. The fraction of sp³-hybridized carbons (Fsp3) is 0.778. The summed E-state index contributed by atoms with van der Waals surface area (Å²) in [7, 11) is 0. The van der Waals surface area contributed by atoms with Crippen molar-refractivity contribution in [1.82, 2.24) is 5.32 Å². The van der Waals surface area contributed by atoms with Gasteiger partial charge >= 0.3 is 18.1 Å². The summed E-state index contributed by atoms with van der Waals surface area (Å²) in [5.41, 5.74) is -3.04. The molecule has 4 nitrogen and oxygen atoms in total. The van der Waals surface area contributed by atoms with Gasteiger partial charge in [0.05, 0.1) is 0 Å². The molecule has 7 heteroatoms. The van der Waals surface area contributed by atoms with Gasteiger partial charge in [-0.25, -0.2) is 4.79 Å². The normalized spacial score (nSPS) is 16.4. The molecule has 0 aliphatic carbocycles. The van der Waals surface area contributed by atoms with Crippen LogP contribution in [0.5, 0.6) is 0 Å². The Kier molecular flexibility index (Phi) is 3.64. The Balaban J connectivity index is 5.15. The minimum absolute atomic E-state index is 1.04. The van der Waals surface area contributed by atoms with Gasteiger partial charge in [0.2, 0.25) is 0 Å². The molecule has 2 N–H and O–H groups in total. The Morgan fingerprint density at radius 3 is 1.62 bits per heavy atom. The van der Waals surface area contributed by atoms with E-state index in [4.69, 9.17) is 5.11 Å². The largest absolute Gasteiger partial charge is 0.479 e. The van der Waals surface area contributed by atoms with Gasteiger partial charge in [0.1, 0.15) is 5.54 Å². The number of carboxylic acid groups (broad SMARTS) is 1. The summed E-state index contributed by atoms with van der Waals surface area (Å²) in [5.74, 6) is -3.77. The lowest BCUT2D eigenvalue weighted by Gasteiger charge is -2.38. The lowest BCUT2D eigenvalue weighted by atomic mass is 9.75. The van der Waals surface area contributed by atoms with Crippen LogP contribution in [-0.2, 0) is 9.59 Å². The molecule has 0 aromatic carbocycles. The van der Waals surface area contributed by atoms with Gasteiger partial charge in [-0.15, -0.1) is 0 Å². The maximum Gasteiger partial charge on any atom is 0.471 e. The van der Waals surface area contributed by atoms with E-state index in [1.807, 2.05) is 0 Å². The van der Waals surface area contributed by atoms with Crippen LogP contribution in [0.4, 0.5) is 13.2 Å². The molecule has 0 aromatic heterocycles. The summed E-state index contributed by atoms with van der Waals surface area (Å²) in [6, 6.07) is 0. The topological polar surface area (TPSA) is 66.4 Å². The first kappa shape index (κ1) is 14.7. The fourth-order valence-corrected chi connectivity index (χ4v) is 0.860. The number of carboxylic acids is 1. The van der Waals surface area contributed by atoms with E-state index in [1.165, 1.54) is 26.1 Å². The molecule has 0 radical (unpaired) electrons. The Morgan fingerprint density at radius 2 is 1.44 bits per heavy atom. The van der Waals surface area contributed by atoms with Crippen molar-refractivity contribution in [3.63, 3.8) is 0 Å². The lowest BCUT2D eigenvalue weighted by Crippen LogP contribution is -2.62. The molecule has 0 bridgehead atoms. The molecule has 1 unspecified atom stereocenters. The van der Waals surface area contributed by atoms with E-state index >= 15 is 0 Å². The average Bonchev–Trinajstić information content (AvgIpc) is 1.99. The molecule has 1 atom stereocenters. The summed E-state index contributed by atoms with van der Waals surface area (Å²) in [6.45, 7) is 5.33. The number of hydrogen-bond donors (Lipinski definition) is 2. The molecule has 0 saturated heterocycles. The van der Waals surface area contributed by atoms with Crippen molar-refractivity contribution >= 4 is 11.9 Å². The van der Waals surface area contributed by atoms with Crippen LogP contribution in [0.2, 0.25) is 0 Å². The van der Waals surface area contributed by atoms with Crippen molar-refractivity contribution in [3.05, 3.63) is 0 Å². The maximum atomic E-state index is 12.0. The highest BCUT2D eigenvalue weighted by Crippen LogP contribution is 2.31. The summed E-state index contributed by atoms with van der Waals surface area (Å²) in [4.78, 5) is 21.7. The van der Waals surface area contributed by atoms with Crippen molar-refractivity contribution in [2.45, 2.75) is 39.4 Å². The molecular formula is C9H14F3NO3. The number of amides is 1. The zero-order valence-corrected chi connectivity index (χ0v) is 9.40. The monoisotopic (exact) mass is 241 g/mol. The average molecular weight is 241 g/mol. The predicted molar refractivity (Wildman–Crippen MR) is 49.7 cm³/mol.